The third kappa shape index (κ3) is 2.48. The van der Waals surface area contributed by atoms with Gasteiger partial charge in [-0.3, -0.25) is 4.79 Å². The van der Waals surface area contributed by atoms with Gasteiger partial charge in [0.2, 0.25) is 5.88 Å². The van der Waals surface area contributed by atoms with Crippen LogP contribution < -0.4 is 10.1 Å². The minimum absolute atomic E-state index is 0.0249. The smallest absolute Gasteiger partial charge is 0.271 e. The lowest BCUT2D eigenvalue weighted by atomic mass is 10.3. The number of halogens is 1. The van der Waals surface area contributed by atoms with E-state index >= 15 is 0 Å². The summed E-state index contributed by atoms with van der Waals surface area (Å²) in [6.07, 6.45) is 0. The summed E-state index contributed by atoms with van der Waals surface area (Å²) >= 11 is 5.84. The average molecular weight is 282 g/mol. The van der Waals surface area contributed by atoms with Crippen LogP contribution in [0.5, 0.6) is 11.6 Å². The summed E-state index contributed by atoms with van der Waals surface area (Å²) in [5.74, 6) is 0.0466. The van der Waals surface area contributed by atoms with Gasteiger partial charge in [-0.1, -0.05) is 11.6 Å². The maximum Gasteiger partial charge on any atom is 0.271 e. The Morgan fingerprint density at radius 3 is 2.79 bits per heavy atom. The first-order chi connectivity index (χ1) is 9.06. The first-order valence-electron chi connectivity index (χ1n) is 5.42. The van der Waals surface area contributed by atoms with E-state index in [4.69, 9.17) is 16.3 Å². The molecule has 0 aliphatic carbocycles. The van der Waals surface area contributed by atoms with Gasteiger partial charge in [0.1, 0.15) is 5.75 Å². The molecule has 0 spiro atoms. The van der Waals surface area contributed by atoms with E-state index in [0.717, 1.165) is 0 Å². The van der Waals surface area contributed by atoms with Crippen molar-refractivity contribution in [1.29, 1.82) is 0 Å². The number of ether oxygens (including phenoxy) is 1. The Morgan fingerprint density at radius 2 is 2.21 bits per heavy atom. The number of nitrogens with zero attached hydrogens (tertiary/aromatic N) is 2. The largest absolute Gasteiger partial charge is 0.506 e. The molecule has 19 heavy (non-hydrogen) atoms. The van der Waals surface area contributed by atoms with Crippen molar-refractivity contribution in [1.82, 2.24) is 15.1 Å². The highest BCUT2D eigenvalue weighted by atomic mass is 35.5. The van der Waals surface area contributed by atoms with Crippen molar-refractivity contribution in [2.24, 2.45) is 0 Å². The molecule has 0 aliphatic heterocycles. The molecule has 0 atom stereocenters. The highest BCUT2D eigenvalue weighted by Crippen LogP contribution is 2.27. The summed E-state index contributed by atoms with van der Waals surface area (Å²) in [6, 6.07) is 6.10. The number of aromatic hydroxyl groups is 1. The highest BCUT2D eigenvalue weighted by Gasteiger charge is 2.15. The molecule has 0 unspecified atom stereocenters. The number of aromatic nitrogens is 2. The molecule has 0 radical (unpaired) electrons. The summed E-state index contributed by atoms with van der Waals surface area (Å²) in [5, 5.41) is 16.2. The van der Waals surface area contributed by atoms with Crippen LogP contribution in [0, 0.1) is 0 Å². The zero-order chi connectivity index (χ0) is 14.0. The van der Waals surface area contributed by atoms with Crippen LogP contribution in [0.15, 0.2) is 24.3 Å². The third-order valence-corrected chi connectivity index (χ3v) is 2.82. The molecule has 100 valence electrons. The highest BCUT2D eigenvalue weighted by molar-refractivity contribution is 6.32. The Hall–Kier alpha value is -2.21. The summed E-state index contributed by atoms with van der Waals surface area (Å²) in [7, 11) is 2.99. The van der Waals surface area contributed by atoms with Crippen molar-refractivity contribution < 1.29 is 14.6 Å². The number of hydrogen-bond donors (Lipinski definition) is 2. The second-order valence-electron chi connectivity index (χ2n) is 3.70. The average Bonchev–Trinajstić information content (AvgIpc) is 2.85. The van der Waals surface area contributed by atoms with Crippen LogP contribution in [0.25, 0.3) is 5.69 Å². The van der Waals surface area contributed by atoms with Crippen LogP contribution in [-0.4, -0.2) is 35.0 Å². The maximum absolute atomic E-state index is 11.5. The number of phenols is 1. The van der Waals surface area contributed by atoms with Gasteiger partial charge in [-0.2, -0.15) is 5.10 Å². The van der Waals surface area contributed by atoms with Crippen molar-refractivity contribution in [3.8, 4) is 17.3 Å². The summed E-state index contributed by atoms with van der Waals surface area (Å²) in [6.45, 7) is 0. The van der Waals surface area contributed by atoms with Gasteiger partial charge >= 0.3 is 0 Å². The quantitative estimate of drug-likeness (QED) is 0.896. The molecular weight excluding hydrogens is 270 g/mol. The molecule has 2 rings (SSSR count). The van der Waals surface area contributed by atoms with Gasteiger partial charge in [0, 0.05) is 13.1 Å². The fourth-order valence-electron chi connectivity index (χ4n) is 1.56. The fraction of sp³-hybridized carbons (Fsp3) is 0.167. The van der Waals surface area contributed by atoms with E-state index in [9.17, 15) is 9.90 Å². The van der Waals surface area contributed by atoms with Crippen LogP contribution in [0.4, 0.5) is 0 Å². The molecule has 0 bridgehead atoms. The first-order valence-corrected chi connectivity index (χ1v) is 5.79. The summed E-state index contributed by atoms with van der Waals surface area (Å²) < 4.78 is 6.59. The number of carbonyl (C=O) groups is 1. The van der Waals surface area contributed by atoms with Gasteiger partial charge in [0.25, 0.3) is 5.91 Å². The Balaban J connectivity index is 2.51. The maximum atomic E-state index is 11.5. The van der Waals surface area contributed by atoms with Crippen molar-refractivity contribution in [2.75, 3.05) is 14.2 Å². The van der Waals surface area contributed by atoms with E-state index < -0.39 is 0 Å². The van der Waals surface area contributed by atoms with E-state index in [1.165, 1.54) is 37.0 Å². The molecule has 1 amide bonds. The molecule has 0 fully saturated rings. The molecule has 2 N–H and O–H groups in total. The number of benzene rings is 1. The van der Waals surface area contributed by atoms with Crippen molar-refractivity contribution >= 4 is 17.5 Å². The number of amides is 1. The van der Waals surface area contributed by atoms with Crippen LogP contribution in [-0.2, 0) is 0 Å². The van der Waals surface area contributed by atoms with E-state index in [-0.39, 0.29) is 22.4 Å². The van der Waals surface area contributed by atoms with Gasteiger partial charge < -0.3 is 15.2 Å². The predicted molar refractivity (Wildman–Crippen MR) is 70.2 cm³/mol. The first kappa shape index (κ1) is 13.2. The van der Waals surface area contributed by atoms with Crippen LogP contribution in [0.3, 0.4) is 0 Å². The standard InChI is InChI=1S/C12H12ClN3O3/c1-14-12(18)9-6-11(19-2)16(15-9)7-3-4-10(17)8(13)5-7/h3-6,17H,1-2H3,(H,14,18). The number of rotatable bonds is 3. The minimum atomic E-state index is -0.318. The van der Waals surface area contributed by atoms with Gasteiger partial charge in [0.15, 0.2) is 5.69 Å². The Labute approximate surface area is 114 Å². The van der Waals surface area contributed by atoms with E-state index in [0.29, 0.717) is 11.6 Å². The number of carbonyl (C=O) groups excluding carboxylic acids is 1. The third-order valence-electron chi connectivity index (χ3n) is 2.52. The second kappa shape index (κ2) is 5.19. The molecular formula is C12H12ClN3O3. The van der Waals surface area contributed by atoms with Crippen molar-refractivity contribution in [2.45, 2.75) is 0 Å². The number of phenolic OH excluding ortho intramolecular Hbond substituents is 1. The Bertz CT molecular complexity index is 625. The summed E-state index contributed by atoms with van der Waals surface area (Å²) in [4.78, 5) is 11.5. The molecule has 1 aromatic heterocycles. The molecule has 0 saturated heterocycles. The van der Waals surface area contributed by atoms with Crippen molar-refractivity contribution in [3.63, 3.8) is 0 Å². The van der Waals surface area contributed by atoms with Gasteiger partial charge in [0.05, 0.1) is 17.8 Å². The van der Waals surface area contributed by atoms with Crippen LogP contribution in [0.2, 0.25) is 5.02 Å². The topological polar surface area (TPSA) is 76.4 Å². The lowest BCUT2D eigenvalue weighted by molar-refractivity contribution is 0.0957. The number of hydrogen-bond acceptors (Lipinski definition) is 4. The summed E-state index contributed by atoms with van der Waals surface area (Å²) in [5.41, 5.74) is 0.804. The van der Waals surface area contributed by atoms with Gasteiger partial charge in [-0.15, -0.1) is 0 Å². The molecule has 6 nitrogen and oxygen atoms in total. The predicted octanol–water partition coefficient (Wildman–Crippen LogP) is 1.60. The lowest BCUT2D eigenvalue weighted by Crippen LogP contribution is -2.18. The van der Waals surface area contributed by atoms with Crippen molar-refractivity contribution in [3.05, 3.63) is 35.0 Å². The Kier molecular flexibility index (Phi) is 3.62. The lowest BCUT2D eigenvalue weighted by Gasteiger charge is -2.06. The number of nitrogens with one attached hydrogen (secondary N) is 1. The molecule has 7 heteroatoms. The SMILES string of the molecule is CNC(=O)c1cc(OC)n(-c2ccc(O)c(Cl)c2)n1. The second-order valence-corrected chi connectivity index (χ2v) is 4.11. The van der Waals surface area contributed by atoms with Gasteiger partial charge in [-0.25, -0.2) is 4.68 Å². The zero-order valence-corrected chi connectivity index (χ0v) is 11.1. The van der Waals surface area contributed by atoms with Crippen LogP contribution in [0.1, 0.15) is 10.5 Å². The molecule has 1 aromatic carbocycles. The molecule has 2 aromatic rings. The fourth-order valence-corrected chi connectivity index (χ4v) is 1.74. The van der Waals surface area contributed by atoms with E-state index in [2.05, 4.69) is 10.4 Å². The van der Waals surface area contributed by atoms with Crippen LogP contribution >= 0.6 is 11.6 Å². The van der Waals surface area contributed by atoms with Gasteiger partial charge in [-0.05, 0) is 18.2 Å². The zero-order valence-electron chi connectivity index (χ0n) is 10.3. The normalized spacial score (nSPS) is 10.3. The monoisotopic (exact) mass is 281 g/mol. The van der Waals surface area contributed by atoms with E-state index in [1.807, 2.05) is 0 Å². The number of methoxy groups -OCH3 is 1. The minimum Gasteiger partial charge on any atom is -0.506 e. The molecule has 0 saturated carbocycles. The van der Waals surface area contributed by atoms with E-state index in [1.54, 1.807) is 6.07 Å². The molecule has 1 heterocycles. The Morgan fingerprint density at radius 1 is 1.47 bits per heavy atom. The molecule has 0 aliphatic rings.